The summed E-state index contributed by atoms with van der Waals surface area (Å²) in [6, 6.07) is 12.8. The van der Waals surface area contributed by atoms with Crippen LogP contribution in [0.4, 0.5) is 10.1 Å². The summed E-state index contributed by atoms with van der Waals surface area (Å²) in [5, 5.41) is 3.03. The molecule has 0 aromatic heterocycles. The van der Waals surface area contributed by atoms with Crippen molar-refractivity contribution in [1.82, 2.24) is 10.2 Å². The van der Waals surface area contributed by atoms with Crippen molar-refractivity contribution in [2.75, 3.05) is 51.9 Å². The third-order valence-corrected chi connectivity index (χ3v) is 6.27. The van der Waals surface area contributed by atoms with Crippen molar-refractivity contribution >= 4 is 11.6 Å². The molecule has 1 saturated heterocycles. The normalized spacial score (nSPS) is 20.7. The molecule has 1 amide bonds. The molecule has 0 aliphatic carbocycles. The molecule has 0 bridgehead atoms. The minimum atomic E-state index is -0.223. The number of ether oxygens (including phenoxy) is 2. The van der Waals surface area contributed by atoms with E-state index in [0.29, 0.717) is 19.6 Å². The Balaban J connectivity index is 1.56. The molecule has 2 atom stereocenters. The summed E-state index contributed by atoms with van der Waals surface area (Å²) < 4.78 is 23.8. The van der Waals surface area contributed by atoms with Crippen LogP contribution in [0.2, 0.25) is 0 Å². The summed E-state index contributed by atoms with van der Waals surface area (Å²) in [5.41, 5.74) is 3.41. The van der Waals surface area contributed by atoms with E-state index in [9.17, 15) is 9.18 Å². The second-order valence-corrected chi connectivity index (χ2v) is 8.21. The predicted molar refractivity (Wildman–Crippen MR) is 118 cm³/mol. The highest BCUT2D eigenvalue weighted by Crippen LogP contribution is 2.38. The zero-order chi connectivity index (χ0) is 21.8. The average molecular weight is 428 g/mol. The lowest BCUT2D eigenvalue weighted by molar-refractivity contribution is -0.126. The van der Waals surface area contributed by atoms with Crippen LogP contribution >= 0.6 is 0 Å². The van der Waals surface area contributed by atoms with Crippen molar-refractivity contribution in [2.45, 2.75) is 19.0 Å². The Morgan fingerprint density at radius 3 is 2.71 bits per heavy atom. The van der Waals surface area contributed by atoms with Gasteiger partial charge in [-0.3, -0.25) is 9.69 Å². The van der Waals surface area contributed by atoms with Crippen LogP contribution in [0.15, 0.2) is 42.5 Å². The van der Waals surface area contributed by atoms with Gasteiger partial charge in [-0.05, 0) is 35.7 Å². The number of piperazine rings is 1. The summed E-state index contributed by atoms with van der Waals surface area (Å²) in [6.45, 7) is 4.23. The Morgan fingerprint density at radius 1 is 1.16 bits per heavy atom. The maximum Gasteiger partial charge on any atom is 0.225 e. The maximum atomic E-state index is 13.3. The van der Waals surface area contributed by atoms with Gasteiger partial charge in [-0.15, -0.1) is 0 Å². The number of nitrogens with zero attached hydrogens (tertiary/aromatic N) is 2. The van der Waals surface area contributed by atoms with Gasteiger partial charge >= 0.3 is 0 Å². The van der Waals surface area contributed by atoms with Crippen LogP contribution in [0.3, 0.4) is 0 Å². The molecule has 1 fully saturated rings. The van der Waals surface area contributed by atoms with E-state index >= 15 is 0 Å². The quantitative estimate of drug-likeness (QED) is 0.688. The first-order valence-corrected chi connectivity index (χ1v) is 10.8. The standard InChI is InChI=1S/C24H30FN3O3/c1-30-12-9-26-24(29)21-13-18-5-8-20(31-2)14-22(18)28-11-10-27(16-23(21)28)15-17-3-6-19(25)7-4-17/h3-8,14,21,23H,9-13,15-16H2,1-2H3,(H,26,29)/t21-,23+/m0/s1. The van der Waals surface area contributed by atoms with Crippen molar-refractivity contribution in [3.05, 3.63) is 59.4 Å². The Hall–Kier alpha value is -2.64. The minimum Gasteiger partial charge on any atom is -0.497 e. The van der Waals surface area contributed by atoms with Gasteiger partial charge in [0.05, 0.1) is 25.7 Å². The summed E-state index contributed by atoms with van der Waals surface area (Å²) in [7, 11) is 3.31. The molecule has 166 valence electrons. The van der Waals surface area contributed by atoms with Gasteiger partial charge in [-0.2, -0.15) is 0 Å². The van der Waals surface area contributed by atoms with E-state index in [1.165, 1.54) is 17.7 Å². The van der Waals surface area contributed by atoms with Crippen molar-refractivity contribution in [2.24, 2.45) is 5.92 Å². The number of carbonyl (C=O) groups is 1. The number of hydrogen-bond donors (Lipinski definition) is 1. The van der Waals surface area contributed by atoms with Gasteiger partial charge in [0.1, 0.15) is 11.6 Å². The Bertz CT molecular complexity index is 905. The van der Waals surface area contributed by atoms with Crippen LogP contribution in [0.5, 0.6) is 5.75 Å². The summed E-state index contributed by atoms with van der Waals surface area (Å²) in [5.74, 6) is 0.527. The van der Waals surface area contributed by atoms with Gasteiger partial charge in [-0.25, -0.2) is 4.39 Å². The van der Waals surface area contributed by atoms with Crippen LogP contribution in [-0.4, -0.2) is 63.9 Å². The molecule has 2 aromatic rings. The summed E-state index contributed by atoms with van der Waals surface area (Å²) in [6.07, 6.45) is 0.698. The van der Waals surface area contributed by atoms with Gasteiger partial charge in [0, 0.05) is 51.6 Å². The van der Waals surface area contributed by atoms with Crippen LogP contribution in [0, 0.1) is 11.7 Å². The number of carbonyl (C=O) groups excluding carboxylic acids is 1. The maximum absolute atomic E-state index is 13.3. The van der Waals surface area contributed by atoms with E-state index < -0.39 is 0 Å². The lowest BCUT2D eigenvalue weighted by atomic mass is 9.83. The fourth-order valence-corrected chi connectivity index (χ4v) is 4.66. The number of nitrogens with one attached hydrogen (secondary N) is 1. The predicted octanol–water partition coefficient (Wildman–Crippen LogP) is 2.46. The van der Waals surface area contributed by atoms with Gasteiger partial charge in [-0.1, -0.05) is 18.2 Å². The molecular weight excluding hydrogens is 397 g/mol. The van der Waals surface area contributed by atoms with E-state index in [4.69, 9.17) is 9.47 Å². The number of halogens is 1. The number of anilines is 1. The third-order valence-electron chi connectivity index (χ3n) is 6.27. The first-order valence-electron chi connectivity index (χ1n) is 10.8. The largest absolute Gasteiger partial charge is 0.497 e. The molecule has 0 spiro atoms. The number of rotatable bonds is 7. The first-order chi connectivity index (χ1) is 15.1. The third kappa shape index (κ3) is 4.83. The highest BCUT2D eigenvalue weighted by Gasteiger charge is 2.41. The van der Waals surface area contributed by atoms with Crippen LogP contribution in [-0.2, 0) is 22.5 Å². The smallest absolute Gasteiger partial charge is 0.225 e. The van der Waals surface area contributed by atoms with E-state index in [1.54, 1.807) is 14.2 Å². The van der Waals surface area contributed by atoms with Crippen molar-refractivity contribution in [3.8, 4) is 5.75 Å². The van der Waals surface area contributed by atoms with Crippen LogP contribution in [0.25, 0.3) is 0 Å². The van der Waals surface area contributed by atoms with Crippen LogP contribution in [0.1, 0.15) is 11.1 Å². The van der Waals surface area contributed by atoms with E-state index in [-0.39, 0.29) is 23.7 Å². The molecule has 2 heterocycles. The zero-order valence-electron chi connectivity index (χ0n) is 18.1. The highest BCUT2D eigenvalue weighted by molar-refractivity contribution is 5.82. The summed E-state index contributed by atoms with van der Waals surface area (Å²) in [4.78, 5) is 17.8. The SMILES string of the molecule is COCCNC(=O)[C@H]1Cc2ccc(OC)cc2N2CCN(Cc3ccc(F)cc3)C[C@H]12. The van der Waals surface area contributed by atoms with Gasteiger partial charge in [0.2, 0.25) is 5.91 Å². The average Bonchev–Trinajstić information content (AvgIpc) is 2.79. The monoisotopic (exact) mass is 427 g/mol. The Morgan fingerprint density at radius 2 is 1.97 bits per heavy atom. The topological polar surface area (TPSA) is 54.0 Å². The highest BCUT2D eigenvalue weighted by atomic mass is 19.1. The molecule has 0 unspecified atom stereocenters. The fraction of sp³-hybridized carbons (Fsp3) is 0.458. The molecule has 6 nitrogen and oxygen atoms in total. The molecule has 0 radical (unpaired) electrons. The van der Waals surface area contributed by atoms with Crippen molar-refractivity contribution < 1.29 is 18.7 Å². The number of hydrogen-bond acceptors (Lipinski definition) is 5. The van der Waals surface area contributed by atoms with Crippen molar-refractivity contribution in [1.29, 1.82) is 0 Å². The van der Waals surface area contributed by atoms with E-state index in [2.05, 4.69) is 27.2 Å². The first kappa shape index (κ1) is 21.6. The van der Waals surface area contributed by atoms with Crippen molar-refractivity contribution in [3.63, 3.8) is 0 Å². The molecule has 31 heavy (non-hydrogen) atoms. The molecule has 0 saturated carbocycles. The molecule has 7 heteroatoms. The van der Waals surface area contributed by atoms with Crippen LogP contribution < -0.4 is 15.0 Å². The second kappa shape index (κ2) is 9.66. The minimum absolute atomic E-state index is 0.0661. The lowest BCUT2D eigenvalue weighted by Gasteiger charge is -2.49. The Labute approximate surface area is 182 Å². The fourth-order valence-electron chi connectivity index (χ4n) is 4.66. The van der Waals surface area contributed by atoms with E-state index in [0.717, 1.165) is 43.2 Å². The molecule has 1 N–H and O–H groups in total. The molecule has 2 aliphatic rings. The number of fused-ring (bicyclic) bond motifs is 3. The molecule has 2 aromatic carbocycles. The Kier molecular flexibility index (Phi) is 6.73. The van der Waals surface area contributed by atoms with Gasteiger partial charge in [0.15, 0.2) is 0 Å². The number of methoxy groups -OCH3 is 2. The molecular formula is C24H30FN3O3. The van der Waals surface area contributed by atoms with Gasteiger partial charge < -0.3 is 19.7 Å². The number of benzene rings is 2. The molecule has 2 aliphatic heterocycles. The number of amides is 1. The molecule has 4 rings (SSSR count). The summed E-state index contributed by atoms with van der Waals surface area (Å²) >= 11 is 0. The van der Waals surface area contributed by atoms with E-state index in [1.807, 2.05) is 18.2 Å². The lowest BCUT2D eigenvalue weighted by Crippen LogP contribution is -2.61. The zero-order valence-corrected chi connectivity index (χ0v) is 18.1. The van der Waals surface area contributed by atoms with Gasteiger partial charge in [0.25, 0.3) is 0 Å². The second-order valence-electron chi connectivity index (χ2n) is 8.21.